The number of carbonyl (C=O) groups excluding carboxylic acids is 1. The van der Waals surface area contributed by atoms with E-state index in [-0.39, 0.29) is 23.3 Å². The molecule has 1 unspecified atom stereocenters. The van der Waals surface area contributed by atoms with Crippen molar-refractivity contribution in [1.29, 1.82) is 0 Å². The largest absolute Gasteiger partial charge is 0.328 e. The molecule has 1 amide bonds. The van der Waals surface area contributed by atoms with Crippen LogP contribution in [0.25, 0.3) is 0 Å². The van der Waals surface area contributed by atoms with Crippen LogP contribution in [0.5, 0.6) is 0 Å². The third-order valence-electron chi connectivity index (χ3n) is 4.48. The van der Waals surface area contributed by atoms with Crippen molar-refractivity contribution in [2.45, 2.75) is 39.3 Å². The molecule has 134 valence electrons. The lowest BCUT2D eigenvalue weighted by atomic mass is 10.0. The number of nitrogens with one attached hydrogen (secondary N) is 1. The summed E-state index contributed by atoms with van der Waals surface area (Å²) in [5.41, 5.74) is 2.00. The monoisotopic (exact) mass is 344 g/mol. The number of nitrogens with zero attached hydrogens (tertiary/aromatic N) is 3. The highest BCUT2D eigenvalue weighted by atomic mass is 19.1. The van der Waals surface area contributed by atoms with Crippen molar-refractivity contribution in [1.82, 2.24) is 20.0 Å². The number of piperazine rings is 1. The zero-order valence-electron chi connectivity index (χ0n) is 15.2. The zero-order chi connectivity index (χ0) is 18.2. The predicted molar refractivity (Wildman–Crippen MR) is 95.0 cm³/mol. The van der Waals surface area contributed by atoms with E-state index >= 15 is 0 Å². The van der Waals surface area contributed by atoms with Crippen LogP contribution in [0.3, 0.4) is 0 Å². The molecule has 1 aromatic carbocycles. The van der Waals surface area contributed by atoms with E-state index in [1.807, 2.05) is 23.7 Å². The van der Waals surface area contributed by atoms with Crippen LogP contribution in [-0.2, 0) is 5.54 Å². The maximum absolute atomic E-state index is 13.6. The highest BCUT2D eigenvalue weighted by Gasteiger charge is 2.31. The van der Waals surface area contributed by atoms with E-state index in [9.17, 15) is 9.18 Å². The summed E-state index contributed by atoms with van der Waals surface area (Å²) in [5, 5.41) is 7.82. The second kappa shape index (κ2) is 6.59. The van der Waals surface area contributed by atoms with Gasteiger partial charge in [0, 0.05) is 25.3 Å². The second-order valence-electron chi connectivity index (χ2n) is 7.53. The molecule has 1 fully saturated rings. The van der Waals surface area contributed by atoms with Crippen molar-refractivity contribution in [3.63, 3.8) is 0 Å². The predicted octanol–water partition coefficient (Wildman–Crippen LogP) is 2.87. The van der Waals surface area contributed by atoms with Gasteiger partial charge >= 0.3 is 0 Å². The van der Waals surface area contributed by atoms with Crippen molar-refractivity contribution in [3.05, 3.63) is 53.1 Å². The van der Waals surface area contributed by atoms with Crippen LogP contribution in [0, 0.1) is 12.7 Å². The molecule has 0 aliphatic carbocycles. The maximum Gasteiger partial charge on any atom is 0.274 e. The summed E-state index contributed by atoms with van der Waals surface area (Å²) in [6.07, 6.45) is 0. The molecular formula is C19H25FN4O. The minimum atomic E-state index is -0.289. The molecule has 25 heavy (non-hydrogen) atoms. The number of amides is 1. The molecule has 2 aromatic rings. The Morgan fingerprint density at radius 1 is 1.32 bits per heavy atom. The Morgan fingerprint density at radius 3 is 2.72 bits per heavy atom. The van der Waals surface area contributed by atoms with Gasteiger partial charge in [0.25, 0.3) is 5.91 Å². The molecule has 1 aliphatic rings. The van der Waals surface area contributed by atoms with Gasteiger partial charge in [-0.25, -0.2) is 4.39 Å². The van der Waals surface area contributed by atoms with Gasteiger partial charge < -0.3 is 10.2 Å². The molecule has 6 heteroatoms. The molecule has 1 atom stereocenters. The van der Waals surface area contributed by atoms with E-state index in [0.29, 0.717) is 18.8 Å². The molecule has 0 spiro atoms. The molecule has 1 saturated heterocycles. The topological polar surface area (TPSA) is 50.2 Å². The van der Waals surface area contributed by atoms with Gasteiger partial charge in [-0.05, 0) is 51.5 Å². The molecule has 0 bridgehead atoms. The van der Waals surface area contributed by atoms with Crippen LogP contribution in [0.2, 0.25) is 0 Å². The van der Waals surface area contributed by atoms with Crippen LogP contribution in [0.1, 0.15) is 48.6 Å². The number of halogens is 1. The first-order valence-electron chi connectivity index (χ1n) is 8.61. The van der Waals surface area contributed by atoms with Gasteiger partial charge in [0.15, 0.2) is 5.69 Å². The number of aryl methyl sites for hydroxylation is 1. The Kier molecular flexibility index (Phi) is 4.64. The normalized spacial score (nSPS) is 18.4. The van der Waals surface area contributed by atoms with Gasteiger partial charge in [0.05, 0.1) is 11.6 Å². The lowest BCUT2D eigenvalue weighted by Gasteiger charge is -2.36. The lowest BCUT2D eigenvalue weighted by molar-refractivity contribution is 0.0626. The smallest absolute Gasteiger partial charge is 0.274 e. The minimum Gasteiger partial charge on any atom is -0.328 e. The fourth-order valence-electron chi connectivity index (χ4n) is 3.36. The van der Waals surface area contributed by atoms with Crippen molar-refractivity contribution >= 4 is 5.91 Å². The molecular weight excluding hydrogens is 319 g/mol. The van der Waals surface area contributed by atoms with Crippen molar-refractivity contribution in [2.24, 2.45) is 0 Å². The molecule has 1 aliphatic heterocycles. The summed E-state index contributed by atoms with van der Waals surface area (Å²) in [6, 6.07) is 8.09. The van der Waals surface area contributed by atoms with Crippen LogP contribution in [0.15, 0.2) is 30.3 Å². The molecule has 1 N–H and O–H groups in total. The standard InChI is InChI=1S/C19H25FN4O/c1-13-10-16(22-24(13)19(2,3)4)18(25)23-9-8-21-12-17(23)14-6-5-7-15(20)11-14/h5-7,10-11,17,21H,8-9,12H2,1-4H3. The Morgan fingerprint density at radius 2 is 2.08 bits per heavy atom. The summed E-state index contributed by atoms with van der Waals surface area (Å²) in [7, 11) is 0. The van der Waals surface area contributed by atoms with E-state index < -0.39 is 0 Å². The number of hydrogen-bond acceptors (Lipinski definition) is 3. The van der Waals surface area contributed by atoms with Gasteiger partial charge in [0.2, 0.25) is 0 Å². The Balaban J connectivity index is 1.92. The Labute approximate surface area is 147 Å². The third kappa shape index (κ3) is 3.58. The number of benzene rings is 1. The summed E-state index contributed by atoms with van der Waals surface area (Å²) in [4.78, 5) is 14.9. The van der Waals surface area contributed by atoms with Crippen LogP contribution < -0.4 is 5.32 Å². The van der Waals surface area contributed by atoms with Gasteiger partial charge in [-0.1, -0.05) is 12.1 Å². The summed E-state index contributed by atoms with van der Waals surface area (Å²) in [5.74, 6) is -0.398. The minimum absolute atomic E-state index is 0.109. The molecule has 3 rings (SSSR count). The average Bonchev–Trinajstić information content (AvgIpc) is 2.96. The van der Waals surface area contributed by atoms with E-state index in [0.717, 1.165) is 17.8 Å². The van der Waals surface area contributed by atoms with Crippen molar-refractivity contribution in [2.75, 3.05) is 19.6 Å². The summed E-state index contributed by atoms with van der Waals surface area (Å²) < 4.78 is 15.5. The molecule has 0 saturated carbocycles. The first-order valence-corrected chi connectivity index (χ1v) is 8.61. The van der Waals surface area contributed by atoms with Crippen LogP contribution in [0.4, 0.5) is 4.39 Å². The maximum atomic E-state index is 13.6. The fourth-order valence-corrected chi connectivity index (χ4v) is 3.36. The number of carbonyl (C=O) groups is 1. The van der Waals surface area contributed by atoms with E-state index in [4.69, 9.17) is 0 Å². The van der Waals surface area contributed by atoms with Gasteiger partial charge in [-0.2, -0.15) is 5.10 Å². The third-order valence-corrected chi connectivity index (χ3v) is 4.48. The van der Waals surface area contributed by atoms with Crippen molar-refractivity contribution < 1.29 is 9.18 Å². The number of hydrogen-bond donors (Lipinski definition) is 1. The summed E-state index contributed by atoms with van der Waals surface area (Å²) in [6.45, 7) is 10.0. The molecule has 5 nitrogen and oxygen atoms in total. The van der Waals surface area contributed by atoms with Gasteiger partial charge in [0.1, 0.15) is 5.82 Å². The summed E-state index contributed by atoms with van der Waals surface area (Å²) >= 11 is 0. The molecule has 2 heterocycles. The lowest BCUT2D eigenvalue weighted by Crippen LogP contribution is -2.48. The number of rotatable bonds is 2. The number of aromatic nitrogens is 2. The van der Waals surface area contributed by atoms with E-state index in [1.54, 1.807) is 11.0 Å². The van der Waals surface area contributed by atoms with Crippen LogP contribution in [-0.4, -0.2) is 40.2 Å². The van der Waals surface area contributed by atoms with Crippen LogP contribution >= 0.6 is 0 Å². The molecule has 1 aromatic heterocycles. The van der Waals surface area contributed by atoms with Gasteiger partial charge in [-0.15, -0.1) is 0 Å². The van der Waals surface area contributed by atoms with E-state index in [1.165, 1.54) is 12.1 Å². The zero-order valence-corrected chi connectivity index (χ0v) is 15.2. The quantitative estimate of drug-likeness (QED) is 0.911. The first kappa shape index (κ1) is 17.6. The molecule has 0 radical (unpaired) electrons. The SMILES string of the molecule is Cc1cc(C(=O)N2CCNCC2c2cccc(F)c2)nn1C(C)(C)C. The first-order chi connectivity index (χ1) is 11.8. The Bertz CT molecular complexity index is 778. The van der Waals surface area contributed by atoms with Crippen molar-refractivity contribution in [3.8, 4) is 0 Å². The average molecular weight is 344 g/mol. The van der Waals surface area contributed by atoms with Gasteiger partial charge in [-0.3, -0.25) is 9.48 Å². The Hall–Kier alpha value is -2.21. The highest BCUT2D eigenvalue weighted by Crippen LogP contribution is 2.25. The fraction of sp³-hybridized carbons (Fsp3) is 0.474. The van der Waals surface area contributed by atoms with E-state index in [2.05, 4.69) is 31.2 Å². The second-order valence-corrected chi connectivity index (χ2v) is 7.53. The highest BCUT2D eigenvalue weighted by molar-refractivity contribution is 5.92.